The Morgan fingerprint density at radius 3 is 2.35 bits per heavy atom. The number of fused-ring (bicyclic) bond motifs is 1. The molecule has 0 bridgehead atoms. The molecule has 5 aromatic rings. The Morgan fingerprint density at radius 2 is 1.62 bits per heavy atom. The molecule has 0 saturated carbocycles. The maximum absolute atomic E-state index is 13.2. The topological polar surface area (TPSA) is 122 Å². The maximum atomic E-state index is 13.2. The van der Waals surface area contributed by atoms with E-state index in [0.717, 1.165) is 83.2 Å². The summed E-state index contributed by atoms with van der Waals surface area (Å²) in [6.45, 7) is 8.54. The van der Waals surface area contributed by atoms with Crippen molar-refractivity contribution >= 4 is 27.3 Å². The van der Waals surface area contributed by atoms with E-state index in [0.29, 0.717) is 6.61 Å². The third-order valence-electron chi connectivity index (χ3n) is 9.87. The first-order valence-electron chi connectivity index (χ1n) is 19.0. The van der Waals surface area contributed by atoms with Gasteiger partial charge in [0.25, 0.3) is 5.95 Å². The number of esters is 1. The fourth-order valence-electron chi connectivity index (χ4n) is 6.78. The molecule has 290 valence electrons. The van der Waals surface area contributed by atoms with Gasteiger partial charge in [0.05, 0.1) is 25.2 Å². The van der Waals surface area contributed by atoms with Crippen LogP contribution in [0.1, 0.15) is 83.9 Å². The van der Waals surface area contributed by atoms with Crippen molar-refractivity contribution in [3.8, 4) is 0 Å². The van der Waals surface area contributed by atoms with Gasteiger partial charge in [0.15, 0.2) is 0 Å². The van der Waals surface area contributed by atoms with Crippen molar-refractivity contribution in [3.05, 3.63) is 142 Å². The zero-order valence-electron chi connectivity index (χ0n) is 31.9. The summed E-state index contributed by atoms with van der Waals surface area (Å²) in [4.78, 5) is 13.0. The second-order valence-electron chi connectivity index (χ2n) is 13.8. The number of benzene rings is 4. The van der Waals surface area contributed by atoms with Gasteiger partial charge in [-0.2, -0.15) is 12.7 Å². The van der Waals surface area contributed by atoms with Gasteiger partial charge in [-0.3, -0.25) is 4.79 Å². The first-order chi connectivity index (χ1) is 26.7. The molecule has 6 rings (SSSR count). The fraction of sp³-hybridized carbons (Fsp3) is 0.372. The maximum Gasteiger partial charge on any atom is 0.388 e. The average molecular weight is 767 g/mol. The zero-order valence-corrected chi connectivity index (χ0v) is 32.7. The van der Waals surface area contributed by atoms with Gasteiger partial charge in [0.2, 0.25) is 0 Å². The number of hydrogen-bond donors (Lipinski definition) is 0. The number of hydrogen-bond acceptors (Lipinski definition) is 9. The normalized spacial score (nSPS) is 14.6. The van der Waals surface area contributed by atoms with Crippen molar-refractivity contribution in [2.24, 2.45) is 0 Å². The summed E-state index contributed by atoms with van der Waals surface area (Å²) in [6, 6.07) is 29.7. The van der Waals surface area contributed by atoms with Crippen LogP contribution in [0.25, 0.3) is 11.0 Å². The van der Waals surface area contributed by atoms with Crippen molar-refractivity contribution in [1.29, 1.82) is 0 Å². The molecule has 0 aliphatic carbocycles. The highest BCUT2D eigenvalue weighted by atomic mass is 32.2. The van der Waals surface area contributed by atoms with Gasteiger partial charge >= 0.3 is 16.3 Å². The van der Waals surface area contributed by atoms with E-state index in [1.807, 2.05) is 91.3 Å². The lowest BCUT2D eigenvalue weighted by atomic mass is 9.84. The molecule has 0 spiro atoms. The van der Waals surface area contributed by atoms with Gasteiger partial charge in [-0.25, -0.2) is 4.68 Å². The molecular formula is C43H50N4O7S. The summed E-state index contributed by atoms with van der Waals surface area (Å²) in [5.74, 6) is -0.712. The third kappa shape index (κ3) is 10.6. The quantitative estimate of drug-likeness (QED) is 0.0607. The van der Waals surface area contributed by atoms with Gasteiger partial charge in [-0.15, -0.1) is 5.10 Å². The summed E-state index contributed by atoms with van der Waals surface area (Å²) in [6.07, 6.45) is 5.87. The second kappa shape index (κ2) is 19.0. The summed E-state index contributed by atoms with van der Waals surface area (Å²) in [7, 11) is -4.11. The monoisotopic (exact) mass is 766 g/mol. The summed E-state index contributed by atoms with van der Waals surface area (Å²) >= 11 is 0. The van der Waals surface area contributed by atoms with Crippen molar-refractivity contribution in [2.75, 3.05) is 19.8 Å². The molecule has 0 saturated heterocycles. The van der Waals surface area contributed by atoms with Crippen LogP contribution < -0.4 is 0 Å². The van der Waals surface area contributed by atoms with Crippen LogP contribution >= 0.6 is 0 Å². The van der Waals surface area contributed by atoms with Crippen LogP contribution in [0, 0.1) is 13.8 Å². The Labute approximate surface area is 324 Å². The SMILES string of the molecule is CCOC(=O)CC(c1ccc(C)c(CN2CC=C(OCc3ccccc3)OS2(=O)=O)c1)c1ccc2c(nnn2CCCCCCOCc2ccccc2)c1C. The summed E-state index contributed by atoms with van der Waals surface area (Å²) < 4.78 is 51.9. The minimum Gasteiger partial charge on any atom is -0.466 e. The largest absolute Gasteiger partial charge is 0.466 e. The second-order valence-corrected chi connectivity index (χ2v) is 15.3. The molecule has 1 aromatic heterocycles. The molecule has 11 nitrogen and oxygen atoms in total. The first kappa shape index (κ1) is 39.6. The molecule has 1 unspecified atom stereocenters. The van der Waals surface area contributed by atoms with Crippen LogP contribution in [0.5, 0.6) is 0 Å². The highest BCUT2D eigenvalue weighted by Gasteiger charge is 2.31. The molecule has 1 aliphatic heterocycles. The molecule has 55 heavy (non-hydrogen) atoms. The van der Waals surface area contributed by atoms with E-state index >= 15 is 0 Å². The van der Waals surface area contributed by atoms with Crippen molar-refractivity contribution in [1.82, 2.24) is 19.3 Å². The third-order valence-corrected chi connectivity index (χ3v) is 11.2. The van der Waals surface area contributed by atoms with Crippen LogP contribution in [-0.2, 0) is 59.8 Å². The van der Waals surface area contributed by atoms with Gasteiger partial charge in [-0.1, -0.05) is 103 Å². The van der Waals surface area contributed by atoms with E-state index in [-0.39, 0.29) is 50.6 Å². The van der Waals surface area contributed by atoms with Gasteiger partial charge < -0.3 is 18.4 Å². The lowest BCUT2D eigenvalue weighted by molar-refractivity contribution is -0.143. The van der Waals surface area contributed by atoms with E-state index in [4.69, 9.17) is 18.4 Å². The van der Waals surface area contributed by atoms with Gasteiger partial charge in [-0.05, 0) is 78.6 Å². The molecule has 12 heteroatoms. The molecule has 4 aromatic carbocycles. The van der Waals surface area contributed by atoms with Crippen LogP contribution in [0.2, 0.25) is 0 Å². The Kier molecular flexibility index (Phi) is 13.7. The van der Waals surface area contributed by atoms with E-state index in [9.17, 15) is 13.2 Å². The number of aryl methyl sites for hydroxylation is 3. The smallest absolute Gasteiger partial charge is 0.388 e. The fourth-order valence-corrected chi connectivity index (χ4v) is 7.77. The van der Waals surface area contributed by atoms with Crippen LogP contribution in [0.3, 0.4) is 0 Å². The molecule has 1 aliphatic rings. The minimum absolute atomic E-state index is 0.0388. The number of carbonyl (C=O) groups excluding carboxylic acids is 1. The average Bonchev–Trinajstić information content (AvgIpc) is 3.60. The Balaban J connectivity index is 1.12. The highest BCUT2D eigenvalue weighted by molar-refractivity contribution is 7.84. The number of carbonyl (C=O) groups is 1. The minimum atomic E-state index is -4.11. The van der Waals surface area contributed by atoms with Gasteiger partial charge in [0, 0.05) is 38.2 Å². The van der Waals surface area contributed by atoms with E-state index in [1.54, 1.807) is 13.0 Å². The highest BCUT2D eigenvalue weighted by Crippen LogP contribution is 2.35. The molecule has 0 amide bonds. The summed E-state index contributed by atoms with van der Waals surface area (Å²) in [5.41, 5.74) is 8.29. The first-order valence-corrected chi connectivity index (χ1v) is 20.3. The molecule has 1 atom stereocenters. The summed E-state index contributed by atoms with van der Waals surface area (Å²) in [5, 5.41) is 9.07. The van der Waals surface area contributed by atoms with Crippen molar-refractivity contribution in [2.45, 2.75) is 85.1 Å². The van der Waals surface area contributed by atoms with Crippen molar-refractivity contribution in [3.63, 3.8) is 0 Å². The molecular weight excluding hydrogens is 717 g/mol. The van der Waals surface area contributed by atoms with Crippen LogP contribution in [0.15, 0.2) is 103 Å². The molecule has 0 N–H and O–H groups in total. The Bertz CT molecular complexity index is 2170. The van der Waals surface area contributed by atoms with Crippen molar-refractivity contribution < 1.29 is 31.6 Å². The van der Waals surface area contributed by atoms with E-state index in [1.165, 1.54) is 9.87 Å². The van der Waals surface area contributed by atoms with E-state index in [2.05, 4.69) is 28.5 Å². The van der Waals surface area contributed by atoms with Crippen LogP contribution in [-0.4, -0.2) is 53.4 Å². The zero-order chi connectivity index (χ0) is 38.6. The number of rotatable bonds is 19. The standard InChI is InChI=1S/C43H50N4O7S/c1-4-52-41(48)28-39(36-20-19-32(2)37(27-36)29-46-25-23-42(54-55(46,49)50)53-31-35-17-11-8-12-18-35)38-21-22-40-43(33(38)3)44-45-47(40)24-13-5-6-14-26-51-30-34-15-9-7-10-16-34/h7-12,15-23,27,39H,4-6,13-14,24-26,28-31H2,1-3H3. The number of aromatic nitrogens is 3. The predicted octanol–water partition coefficient (Wildman–Crippen LogP) is 8.05. The van der Waals surface area contributed by atoms with Crippen LogP contribution in [0.4, 0.5) is 0 Å². The van der Waals surface area contributed by atoms with Gasteiger partial charge in [0.1, 0.15) is 12.1 Å². The van der Waals surface area contributed by atoms with E-state index < -0.39 is 10.3 Å². The lowest BCUT2D eigenvalue weighted by Crippen LogP contribution is -2.36. The predicted molar refractivity (Wildman–Crippen MR) is 211 cm³/mol. The Hall–Kier alpha value is -5.04. The molecule has 2 heterocycles. The molecule has 0 fully saturated rings. The number of ether oxygens (including phenoxy) is 3. The number of unbranched alkanes of at least 4 members (excludes halogenated alkanes) is 3. The Morgan fingerprint density at radius 1 is 0.891 bits per heavy atom. The lowest BCUT2D eigenvalue weighted by Gasteiger charge is -2.26. The number of nitrogens with zero attached hydrogens (tertiary/aromatic N) is 4. The molecule has 0 radical (unpaired) electrons.